The summed E-state index contributed by atoms with van der Waals surface area (Å²) in [7, 11) is 0. The van der Waals surface area contributed by atoms with E-state index in [1.807, 2.05) is 0 Å². The Morgan fingerprint density at radius 2 is 2.08 bits per heavy atom. The fraction of sp³-hybridized carbons (Fsp3) is 0.294. The number of aryl methyl sites for hydroxylation is 1. The number of aromatic nitrogens is 1. The molecule has 0 aliphatic rings. The van der Waals surface area contributed by atoms with E-state index in [0.717, 1.165) is 0 Å². The van der Waals surface area contributed by atoms with Crippen molar-refractivity contribution in [2.45, 2.75) is 26.9 Å². The first-order chi connectivity index (χ1) is 12.2. The number of rotatable bonds is 6. The zero-order chi connectivity index (χ0) is 19.4. The normalized spacial score (nSPS) is 11.7. The van der Waals surface area contributed by atoms with Gasteiger partial charge >= 0.3 is 5.97 Å². The van der Waals surface area contributed by atoms with Gasteiger partial charge in [0, 0.05) is 29.1 Å². The maximum absolute atomic E-state index is 12.1. The number of benzene rings is 1. The molecule has 0 saturated carbocycles. The zero-order valence-electron chi connectivity index (χ0n) is 14.5. The second kappa shape index (κ2) is 7.79. The van der Waals surface area contributed by atoms with Crippen molar-refractivity contribution in [3.63, 3.8) is 0 Å². The Hall–Kier alpha value is -3.20. The van der Waals surface area contributed by atoms with E-state index in [4.69, 9.17) is 4.74 Å². The summed E-state index contributed by atoms with van der Waals surface area (Å²) in [5.74, 6) is -1.36. The van der Waals surface area contributed by atoms with E-state index in [-0.39, 0.29) is 17.1 Å². The molecule has 26 heavy (non-hydrogen) atoms. The van der Waals surface area contributed by atoms with Gasteiger partial charge in [-0.15, -0.1) is 0 Å². The number of anilines is 1. The Morgan fingerprint density at radius 1 is 1.38 bits per heavy atom. The average Bonchev–Trinajstić information content (AvgIpc) is 2.87. The molecule has 9 heteroatoms. The second-order valence-corrected chi connectivity index (χ2v) is 5.77. The molecule has 0 aliphatic carbocycles. The van der Waals surface area contributed by atoms with Crippen LogP contribution < -0.4 is 5.32 Å². The van der Waals surface area contributed by atoms with Crippen LogP contribution in [0.15, 0.2) is 24.3 Å². The Morgan fingerprint density at radius 3 is 2.65 bits per heavy atom. The molecule has 1 aromatic carbocycles. The van der Waals surface area contributed by atoms with Crippen molar-refractivity contribution in [3.05, 3.63) is 56.9 Å². The number of aliphatic hydroxyl groups is 1. The number of ether oxygens (including phenoxy) is 1. The topological polar surface area (TPSA) is 135 Å². The third kappa shape index (κ3) is 4.25. The van der Waals surface area contributed by atoms with E-state index in [2.05, 4.69) is 10.3 Å². The molecular formula is C17H19N3O6. The van der Waals surface area contributed by atoms with Crippen molar-refractivity contribution in [1.29, 1.82) is 0 Å². The highest BCUT2D eigenvalue weighted by Crippen LogP contribution is 2.24. The fourth-order valence-electron chi connectivity index (χ4n) is 2.69. The van der Waals surface area contributed by atoms with E-state index in [1.54, 1.807) is 20.8 Å². The molecule has 0 radical (unpaired) electrons. The van der Waals surface area contributed by atoms with E-state index in [0.29, 0.717) is 16.8 Å². The van der Waals surface area contributed by atoms with Gasteiger partial charge in [0.2, 0.25) is 0 Å². The number of non-ortho nitro benzene ring substituents is 1. The zero-order valence-corrected chi connectivity index (χ0v) is 14.5. The lowest BCUT2D eigenvalue weighted by Gasteiger charge is -2.07. The van der Waals surface area contributed by atoms with E-state index >= 15 is 0 Å². The number of amides is 1. The van der Waals surface area contributed by atoms with Gasteiger partial charge in [-0.1, -0.05) is 6.07 Å². The summed E-state index contributed by atoms with van der Waals surface area (Å²) in [5, 5.41) is 22.9. The van der Waals surface area contributed by atoms with E-state index in [1.165, 1.54) is 24.3 Å². The Balaban J connectivity index is 1.99. The lowest BCUT2D eigenvalue weighted by atomic mass is 10.1. The van der Waals surface area contributed by atoms with Crippen molar-refractivity contribution in [3.8, 4) is 0 Å². The number of nitrogens with one attached hydrogen (secondary N) is 2. The smallest absolute Gasteiger partial charge is 0.355 e. The van der Waals surface area contributed by atoms with Crippen molar-refractivity contribution >= 4 is 23.3 Å². The summed E-state index contributed by atoms with van der Waals surface area (Å²) in [6, 6.07) is 5.42. The minimum absolute atomic E-state index is 0.164. The molecule has 1 unspecified atom stereocenters. The fourth-order valence-corrected chi connectivity index (χ4v) is 2.69. The monoisotopic (exact) mass is 361 g/mol. The summed E-state index contributed by atoms with van der Waals surface area (Å²) in [6.45, 7) is 4.43. The third-order valence-corrected chi connectivity index (χ3v) is 3.79. The molecule has 1 atom stereocenters. The lowest BCUT2D eigenvalue weighted by Crippen LogP contribution is -2.21. The van der Waals surface area contributed by atoms with Crippen molar-refractivity contribution in [2.75, 3.05) is 11.9 Å². The predicted octanol–water partition coefficient (Wildman–Crippen LogP) is 2.39. The summed E-state index contributed by atoms with van der Waals surface area (Å²) in [5.41, 5.74) is 2.04. The Labute approximate surface area is 149 Å². The van der Waals surface area contributed by atoms with Crippen molar-refractivity contribution in [2.24, 2.45) is 0 Å². The number of carbonyl (C=O) groups excluding carboxylic acids is 2. The number of nitro benzene ring substituents is 1. The number of hydrogen-bond donors (Lipinski definition) is 3. The lowest BCUT2D eigenvalue weighted by molar-refractivity contribution is -0.384. The van der Waals surface area contributed by atoms with Crippen LogP contribution in [0.5, 0.6) is 0 Å². The van der Waals surface area contributed by atoms with Crippen LogP contribution in [0, 0.1) is 24.0 Å². The van der Waals surface area contributed by atoms with Gasteiger partial charge in [0.15, 0.2) is 6.61 Å². The first-order valence-corrected chi connectivity index (χ1v) is 7.79. The van der Waals surface area contributed by atoms with Crippen LogP contribution in [0.1, 0.15) is 40.3 Å². The molecular weight excluding hydrogens is 342 g/mol. The number of H-pyrrole nitrogens is 1. The second-order valence-electron chi connectivity index (χ2n) is 5.77. The first-order valence-electron chi connectivity index (χ1n) is 7.79. The number of nitro groups is 1. The minimum Gasteiger partial charge on any atom is -0.451 e. The Kier molecular flexibility index (Phi) is 5.73. The number of esters is 1. The molecule has 1 aromatic heterocycles. The molecule has 3 N–H and O–H groups in total. The van der Waals surface area contributed by atoms with Gasteiger partial charge in [-0.2, -0.15) is 0 Å². The molecule has 0 spiro atoms. The van der Waals surface area contributed by atoms with Gasteiger partial charge in [0.25, 0.3) is 11.6 Å². The Bertz CT molecular complexity index is 856. The molecule has 0 bridgehead atoms. The molecule has 1 heterocycles. The van der Waals surface area contributed by atoms with Crippen LogP contribution in [-0.2, 0) is 9.53 Å². The predicted molar refractivity (Wildman–Crippen MR) is 92.9 cm³/mol. The number of aromatic amines is 1. The number of carbonyl (C=O) groups is 2. The third-order valence-electron chi connectivity index (χ3n) is 3.79. The van der Waals surface area contributed by atoms with Gasteiger partial charge in [-0.3, -0.25) is 14.9 Å². The summed E-state index contributed by atoms with van der Waals surface area (Å²) >= 11 is 0. The highest BCUT2D eigenvalue weighted by atomic mass is 16.6. The highest BCUT2D eigenvalue weighted by Gasteiger charge is 2.21. The van der Waals surface area contributed by atoms with Gasteiger partial charge in [0.05, 0.1) is 11.0 Å². The summed E-state index contributed by atoms with van der Waals surface area (Å²) in [4.78, 5) is 37.0. The molecule has 0 saturated heterocycles. The largest absolute Gasteiger partial charge is 0.451 e. The van der Waals surface area contributed by atoms with Crippen LogP contribution in [-0.4, -0.2) is 33.5 Å². The number of hydrogen-bond acceptors (Lipinski definition) is 6. The molecule has 9 nitrogen and oxygen atoms in total. The quantitative estimate of drug-likeness (QED) is 0.411. The molecule has 2 rings (SSSR count). The van der Waals surface area contributed by atoms with E-state index < -0.39 is 29.5 Å². The molecule has 0 fully saturated rings. The number of nitrogens with zero attached hydrogens (tertiary/aromatic N) is 1. The summed E-state index contributed by atoms with van der Waals surface area (Å²) < 4.78 is 4.97. The maximum Gasteiger partial charge on any atom is 0.355 e. The van der Waals surface area contributed by atoms with Gasteiger partial charge < -0.3 is 20.1 Å². The molecule has 0 aliphatic heterocycles. The van der Waals surface area contributed by atoms with Crippen LogP contribution in [0.25, 0.3) is 0 Å². The molecule has 138 valence electrons. The molecule has 1 amide bonds. The van der Waals surface area contributed by atoms with Gasteiger partial charge in [-0.05, 0) is 32.4 Å². The maximum atomic E-state index is 12.1. The van der Waals surface area contributed by atoms with Crippen molar-refractivity contribution < 1.29 is 24.4 Å². The average molecular weight is 361 g/mol. The van der Waals surface area contributed by atoms with Gasteiger partial charge in [-0.25, -0.2) is 4.79 Å². The SMILES string of the molecule is Cc1[nH]c(C(=O)OCC(=O)Nc2cccc([N+](=O)[O-])c2)c(C)c1C(C)O. The summed E-state index contributed by atoms with van der Waals surface area (Å²) in [6.07, 6.45) is -0.745. The standard InChI is InChI=1S/C17H19N3O6/c1-9-15(11(3)21)10(2)18-16(9)17(23)26-8-14(22)19-12-5-4-6-13(7-12)20(24)25/h4-7,11,18,21H,8H2,1-3H3,(H,19,22). The first kappa shape index (κ1) is 19.1. The van der Waals surface area contributed by atoms with Crippen LogP contribution >= 0.6 is 0 Å². The highest BCUT2D eigenvalue weighted by molar-refractivity contribution is 5.95. The molecule has 2 aromatic rings. The van der Waals surface area contributed by atoms with Crippen LogP contribution in [0.3, 0.4) is 0 Å². The van der Waals surface area contributed by atoms with Crippen LogP contribution in [0.4, 0.5) is 11.4 Å². The van der Waals surface area contributed by atoms with Crippen molar-refractivity contribution in [1.82, 2.24) is 4.98 Å². The van der Waals surface area contributed by atoms with E-state index in [9.17, 15) is 24.8 Å². The van der Waals surface area contributed by atoms with Gasteiger partial charge in [0.1, 0.15) is 5.69 Å². The van der Waals surface area contributed by atoms with Crippen LogP contribution in [0.2, 0.25) is 0 Å². The number of aliphatic hydroxyl groups excluding tert-OH is 1. The minimum atomic E-state index is -0.745.